The number of hydrogen-bond donors (Lipinski definition) is 1. The Morgan fingerprint density at radius 3 is 3.08 bits per heavy atom. The number of benzene rings is 1. The molecular weight excluding hydrogens is 345 g/mol. The molecule has 4 rings (SSSR count). The van der Waals surface area contributed by atoms with Crippen molar-refractivity contribution < 1.29 is 8.94 Å². The minimum Gasteiger partial charge on any atom is -0.590 e. The van der Waals surface area contributed by atoms with Crippen molar-refractivity contribution in [3.05, 3.63) is 34.5 Å². The molecule has 0 spiro atoms. The molecule has 3 atom stereocenters. The molecule has 0 saturated carbocycles. The van der Waals surface area contributed by atoms with E-state index in [0.29, 0.717) is 6.54 Å². The van der Waals surface area contributed by atoms with Crippen LogP contribution in [0.15, 0.2) is 34.5 Å². The highest BCUT2D eigenvalue weighted by Gasteiger charge is 2.29. The molecule has 4 nitrogen and oxygen atoms in total. The quantitative estimate of drug-likeness (QED) is 0.711. The Labute approximate surface area is 146 Å². The van der Waals surface area contributed by atoms with Crippen LogP contribution in [0.4, 0.5) is 10.1 Å². The summed E-state index contributed by atoms with van der Waals surface area (Å²) in [4.78, 5) is 6.33. The highest BCUT2D eigenvalue weighted by Crippen LogP contribution is 2.42. The maximum atomic E-state index is 14.3. The fraction of sp³-hybridized carbons (Fsp3) is 0.353. The van der Waals surface area contributed by atoms with Gasteiger partial charge in [-0.25, -0.2) is 9.37 Å². The number of aromatic nitrogens is 1. The van der Waals surface area contributed by atoms with Gasteiger partial charge in [0.1, 0.15) is 11.6 Å². The Morgan fingerprint density at radius 2 is 2.33 bits per heavy atom. The number of thiophene rings is 1. The lowest BCUT2D eigenvalue weighted by atomic mass is 10.0. The van der Waals surface area contributed by atoms with Gasteiger partial charge in [0.05, 0.1) is 33.9 Å². The van der Waals surface area contributed by atoms with Gasteiger partial charge in [-0.3, -0.25) is 0 Å². The van der Waals surface area contributed by atoms with Crippen LogP contribution in [-0.2, 0) is 0 Å². The number of fused-ring (bicyclic) bond motifs is 1. The summed E-state index contributed by atoms with van der Waals surface area (Å²) < 4.78 is 27.7. The van der Waals surface area contributed by atoms with E-state index in [9.17, 15) is 8.94 Å². The van der Waals surface area contributed by atoms with Crippen LogP contribution in [0.1, 0.15) is 6.42 Å². The lowest BCUT2D eigenvalue weighted by molar-refractivity contribution is 0.149. The summed E-state index contributed by atoms with van der Waals surface area (Å²) in [7, 11) is 0.693. The second kappa shape index (κ2) is 6.40. The Morgan fingerprint density at radius 1 is 1.46 bits per heavy atom. The molecule has 1 aromatic carbocycles. The minimum atomic E-state index is -1.24. The minimum absolute atomic E-state index is 0.243. The number of rotatable bonds is 3. The molecule has 1 aliphatic rings. The van der Waals surface area contributed by atoms with Crippen molar-refractivity contribution in [1.82, 2.24) is 9.88 Å². The molecule has 1 unspecified atom stereocenters. The van der Waals surface area contributed by atoms with E-state index >= 15 is 0 Å². The molecule has 24 heavy (non-hydrogen) atoms. The molecule has 0 aliphatic carbocycles. The zero-order valence-electron chi connectivity index (χ0n) is 13.2. The van der Waals surface area contributed by atoms with Gasteiger partial charge in [-0.1, -0.05) is 6.07 Å². The lowest BCUT2D eigenvalue weighted by Crippen LogP contribution is -2.46. The number of likely N-dealkylation sites (tertiary alicyclic amines) is 1. The van der Waals surface area contributed by atoms with Gasteiger partial charge in [0, 0.05) is 18.5 Å². The molecule has 3 heterocycles. The standard InChI is InChI=1S/C17H18FN3OS2/c1-21-6-5-14(13(18)7-21)20-15-4-2-3-11-12(9-24(22)17(11)15)16-8-23-10-19-16/h2-4,8-10,13-14,20H,5-7H2,1H3/t13-,14+,24?/m1/s1. The summed E-state index contributed by atoms with van der Waals surface area (Å²) in [6.45, 7) is 1.29. The van der Waals surface area contributed by atoms with Crippen molar-refractivity contribution >= 4 is 37.9 Å². The smallest absolute Gasteiger partial charge is 0.203 e. The number of nitrogens with zero attached hydrogens (tertiary/aromatic N) is 2. The van der Waals surface area contributed by atoms with Gasteiger partial charge in [0.25, 0.3) is 0 Å². The van der Waals surface area contributed by atoms with Crippen molar-refractivity contribution in [3.63, 3.8) is 0 Å². The molecule has 3 aromatic rings. The highest BCUT2D eigenvalue weighted by atomic mass is 32.2. The van der Waals surface area contributed by atoms with Gasteiger partial charge < -0.3 is 14.8 Å². The third-order valence-corrected chi connectivity index (χ3v) is 6.40. The summed E-state index contributed by atoms with van der Waals surface area (Å²) in [5.74, 6) is 0. The first-order chi connectivity index (χ1) is 11.6. The SMILES string of the molecule is CN1CC[C@H](Nc2cccc3c(-c4cscn4)c[s+]([O-])c23)[C@H](F)C1. The molecule has 0 radical (unpaired) electrons. The molecule has 1 saturated heterocycles. The van der Waals surface area contributed by atoms with Gasteiger partial charge in [-0.15, -0.1) is 11.3 Å². The number of nitrogens with one attached hydrogen (secondary N) is 1. The zero-order valence-corrected chi connectivity index (χ0v) is 14.9. The number of thiazole rings is 1. The van der Waals surface area contributed by atoms with Gasteiger partial charge in [0.15, 0.2) is 0 Å². The van der Waals surface area contributed by atoms with E-state index in [1.165, 1.54) is 11.3 Å². The van der Waals surface area contributed by atoms with Crippen LogP contribution in [0, 0.1) is 0 Å². The van der Waals surface area contributed by atoms with E-state index in [4.69, 9.17) is 0 Å². The monoisotopic (exact) mass is 363 g/mol. The molecule has 0 amide bonds. The largest absolute Gasteiger partial charge is 0.590 e. The number of piperidine rings is 1. The topological polar surface area (TPSA) is 51.2 Å². The molecule has 1 aliphatic heterocycles. The van der Waals surface area contributed by atoms with Crippen LogP contribution < -0.4 is 5.32 Å². The van der Waals surface area contributed by atoms with Gasteiger partial charge in [-0.05, 0) is 36.4 Å². The molecule has 1 N–H and O–H groups in total. The molecular formula is C17H18FN3OS2. The molecule has 7 heteroatoms. The van der Waals surface area contributed by atoms with Crippen molar-refractivity contribution in [2.75, 3.05) is 25.5 Å². The predicted octanol–water partition coefficient (Wildman–Crippen LogP) is 4.15. The summed E-state index contributed by atoms with van der Waals surface area (Å²) in [5.41, 5.74) is 4.27. The van der Waals surface area contributed by atoms with E-state index in [2.05, 4.69) is 10.3 Å². The average molecular weight is 363 g/mol. The molecule has 2 aromatic heterocycles. The van der Waals surface area contributed by atoms with Gasteiger partial charge in [0.2, 0.25) is 4.70 Å². The van der Waals surface area contributed by atoms with Crippen molar-refractivity contribution in [2.24, 2.45) is 0 Å². The third-order valence-electron chi connectivity index (χ3n) is 4.52. The second-order valence-corrected chi connectivity index (χ2v) is 8.16. The van der Waals surface area contributed by atoms with E-state index in [1.807, 2.05) is 35.5 Å². The van der Waals surface area contributed by atoms with Crippen LogP contribution in [0.3, 0.4) is 0 Å². The Balaban J connectivity index is 1.72. The first kappa shape index (κ1) is 16.0. The number of anilines is 1. The summed E-state index contributed by atoms with van der Waals surface area (Å²) in [5, 5.41) is 7.92. The predicted molar refractivity (Wildman–Crippen MR) is 98.1 cm³/mol. The van der Waals surface area contributed by atoms with E-state index in [1.54, 1.807) is 10.9 Å². The summed E-state index contributed by atoms with van der Waals surface area (Å²) in [6.07, 6.45) is -0.194. The maximum absolute atomic E-state index is 14.3. The average Bonchev–Trinajstić information content (AvgIpc) is 3.19. The van der Waals surface area contributed by atoms with E-state index < -0.39 is 16.9 Å². The van der Waals surface area contributed by atoms with Crippen LogP contribution in [-0.4, -0.2) is 46.8 Å². The van der Waals surface area contributed by atoms with Crippen LogP contribution in [0.2, 0.25) is 0 Å². The Hall–Kier alpha value is -1.54. The zero-order chi connectivity index (χ0) is 16.7. The molecule has 0 bridgehead atoms. The highest BCUT2D eigenvalue weighted by molar-refractivity contribution is 7.31. The van der Waals surface area contributed by atoms with E-state index in [0.717, 1.165) is 40.0 Å². The van der Waals surface area contributed by atoms with E-state index in [-0.39, 0.29) is 6.04 Å². The molecule has 1 fully saturated rings. The summed E-state index contributed by atoms with van der Waals surface area (Å²) in [6, 6.07) is 5.53. The fourth-order valence-electron chi connectivity index (χ4n) is 3.27. The Kier molecular flexibility index (Phi) is 4.26. The lowest BCUT2D eigenvalue weighted by Gasteiger charge is -2.33. The van der Waals surface area contributed by atoms with Crippen LogP contribution in [0.5, 0.6) is 0 Å². The number of hydrogen-bond acceptors (Lipinski definition) is 5. The van der Waals surface area contributed by atoms with Crippen molar-refractivity contribution in [2.45, 2.75) is 18.6 Å². The number of alkyl halides is 1. The van der Waals surface area contributed by atoms with Crippen molar-refractivity contribution in [3.8, 4) is 11.3 Å². The first-order valence-electron chi connectivity index (χ1n) is 7.87. The first-order valence-corrected chi connectivity index (χ1v) is 10.0. The van der Waals surface area contributed by atoms with Gasteiger partial charge in [-0.2, -0.15) is 0 Å². The van der Waals surface area contributed by atoms with Crippen LogP contribution >= 0.6 is 22.1 Å². The van der Waals surface area contributed by atoms with Crippen molar-refractivity contribution in [1.29, 1.82) is 0 Å². The summed E-state index contributed by atoms with van der Waals surface area (Å²) >= 11 is 1.51. The Bertz CT molecular complexity index is 849. The second-order valence-electron chi connectivity index (χ2n) is 6.20. The third kappa shape index (κ3) is 2.82. The maximum Gasteiger partial charge on any atom is 0.203 e. The fourth-order valence-corrected chi connectivity index (χ4v) is 5.14. The normalized spacial score (nSPS) is 22.9. The van der Waals surface area contributed by atoms with Crippen LogP contribution in [0.25, 0.3) is 21.3 Å². The number of halogens is 1. The van der Waals surface area contributed by atoms with Gasteiger partial charge >= 0.3 is 0 Å². The molecule has 126 valence electrons.